The first kappa shape index (κ1) is 27.4. The van der Waals surface area contributed by atoms with E-state index in [-0.39, 0.29) is 25.0 Å². The van der Waals surface area contributed by atoms with E-state index in [0.717, 1.165) is 25.7 Å². The van der Waals surface area contributed by atoms with E-state index < -0.39 is 41.9 Å². The van der Waals surface area contributed by atoms with E-state index in [0.29, 0.717) is 12.1 Å². The molecule has 1 atom stereocenters. The van der Waals surface area contributed by atoms with Crippen LogP contribution in [0.4, 0.5) is 0 Å². The van der Waals surface area contributed by atoms with Crippen molar-refractivity contribution in [1.29, 1.82) is 0 Å². The molecule has 0 saturated carbocycles. The SMILES string of the molecule is CCCCCCNC(=O)[C@H](Cc1ccc(OC(C(=O)O)C(=O)O)cc1)NC(=O)CCC(=O)O. The highest BCUT2D eigenvalue weighted by molar-refractivity contribution is 5.96. The first-order valence-electron chi connectivity index (χ1n) is 10.6. The molecule has 11 heteroatoms. The molecule has 0 unspecified atom stereocenters. The molecule has 0 saturated heterocycles. The summed E-state index contributed by atoms with van der Waals surface area (Å²) in [6, 6.07) is 4.80. The lowest BCUT2D eigenvalue weighted by atomic mass is 10.0. The molecule has 182 valence electrons. The lowest BCUT2D eigenvalue weighted by molar-refractivity contribution is -0.159. The van der Waals surface area contributed by atoms with E-state index in [9.17, 15) is 24.0 Å². The van der Waals surface area contributed by atoms with Gasteiger partial charge in [-0.1, -0.05) is 38.3 Å². The molecule has 0 heterocycles. The number of carboxylic acids is 3. The predicted molar refractivity (Wildman–Crippen MR) is 116 cm³/mol. The van der Waals surface area contributed by atoms with Gasteiger partial charge in [0.05, 0.1) is 6.42 Å². The third-order valence-electron chi connectivity index (χ3n) is 4.61. The van der Waals surface area contributed by atoms with Gasteiger partial charge in [-0.3, -0.25) is 14.4 Å². The number of nitrogens with one attached hydrogen (secondary N) is 2. The van der Waals surface area contributed by atoms with Crippen molar-refractivity contribution in [2.24, 2.45) is 0 Å². The fraction of sp³-hybridized carbons (Fsp3) is 0.500. The molecule has 0 fully saturated rings. The fourth-order valence-electron chi connectivity index (χ4n) is 2.87. The summed E-state index contributed by atoms with van der Waals surface area (Å²) >= 11 is 0. The highest BCUT2D eigenvalue weighted by Crippen LogP contribution is 2.16. The monoisotopic (exact) mass is 466 g/mol. The maximum Gasteiger partial charge on any atom is 0.356 e. The molecule has 0 aliphatic rings. The summed E-state index contributed by atoms with van der Waals surface area (Å²) in [5.74, 6) is -5.39. The number of hydrogen-bond acceptors (Lipinski definition) is 6. The van der Waals surface area contributed by atoms with Crippen molar-refractivity contribution in [1.82, 2.24) is 10.6 Å². The molecule has 0 aliphatic carbocycles. The van der Waals surface area contributed by atoms with Crippen LogP contribution in [0.25, 0.3) is 0 Å². The van der Waals surface area contributed by atoms with E-state index >= 15 is 0 Å². The van der Waals surface area contributed by atoms with Crippen LogP contribution in [0.2, 0.25) is 0 Å². The zero-order chi connectivity index (χ0) is 24.8. The second-order valence-corrected chi connectivity index (χ2v) is 7.39. The summed E-state index contributed by atoms with van der Waals surface area (Å²) in [4.78, 5) is 57.3. The summed E-state index contributed by atoms with van der Waals surface area (Å²) in [7, 11) is 0. The third kappa shape index (κ3) is 11.0. The molecular formula is C22H30N2O9. The Balaban J connectivity index is 2.82. The number of hydrogen-bond donors (Lipinski definition) is 5. The number of unbranched alkanes of at least 4 members (excludes halogenated alkanes) is 3. The second kappa shape index (κ2) is 14.4. The summed E-state index contributed by atoms with van der Waals surface area (Å²) in [6.45, 7) is 2.51. The molecule has 1 aromatic carbocycles. The van der Waals surface area contributed by atoms with Gasteiger partial charge in [-0.2, -0.15) is 0 Å². The summed E-state index contributed by atoms with van der Waals surface area (Å²) < 4.78 is 4.95. The third-order valence-corrected chi connectivity index (χ3v) is 4.61. The van der Waals surface area contributed by atoms with E-state index in [4.69, 9.17) is 20.1 Å². The number of amides is 2. The van der Waals surface area contributed by atoms with Crippen molar-refractivity contribution in [3.05, 3.63) is 29.8 Å². The topological polar surface area (TPSA) is 179 Å². The minimum absolute atomic E-state index is 0.0102. The number of ether oxygens (including phenoxy) is 1. The van der Waals surface area contributed by atoms with Crippen LogP contribution in [0.5, 0.6) is 5.75 Å². The van der Waals surface area contributed by atoms with Crippen LogP contribution in [0.15, 0.2) is 24.3 Å². The largest absolute Gasteiger partial charge is 0.481 e. The molecule has 2 amide bonds. The van der Waals surface area contributed by atoms with Gasteiger partial charge in [-0.25, -0.2) is 9.59 Å². The van der Waals surface area contributed by atoms with Gasteiger partial charge in [0.15, 0.2) is 0 Å². The molecule has 5 N–H and O–H groups in total. The quantitative estimate of drug-likeness (QED) is 0.177. The van der Waals surface area contributed by atoms with Gasteiger partial charge in [0.25, 0.3) is 6.10 Å². The average molecular weight is 466 g/mol. The van der Waals surface area contributed by atoms with E-state index in [2.05, 4.69) is 17.6 Å². The Morgan fingerprint density at radius 1 is 0.909 bits per heavy atom. The van der Waals surface area contributed by atoms with Crippen molar-refractivity contribution in [3.63, 3.8) is 0 Å². The van der Waals surface area contributed by atoms with Crippen LogP contribution >= 0.6 is 0 Å². The van der Waals surface area contributed by atoms with Crippen molar-refractivity contribution < 1.29 is 44.0 Å². The number of carboxylic acid groups (broad SMARTS) is 3. The Labute approximate surface area is 191 Å². The first-order valence-corrected chi connectivity index (χ1v) is 10.6. The molecule has 33 heavy (non-hydrogen) atoms. The van der Waals surface area contributed by atoms with Crippen LogP contribution in [0.1, 0.15) is 51.0 Å². The smallest absolute Gasteiger partial charge is 0.356 e. The average Bonchev–Trinajstić information content (AvgIpc) is 2.75. The summed E-state index contributed by atoms with van der Waals surface area (Å²) in [5, 5.41) is 31.8. The van der Waals surface area contributed by atoms with E-state index in [1.165, 1.54) is 24.3 Å². The molecule has 0 radical (unpaired) electrons. The summed E-state index contributed by atoms with van der Waals surface area (Å²) in [6.07, 6.45) is 1.24. The van der Waals surface area contributed by atoms with Gasteiger partial charge >= 0.3 is 17.9 Å². The summed E-state index contributed by atoms with van der Waals surface area (Å²) in [5.41, 5.74) is 0.592. The Hall–Kier alpha value is -3.63. The van der Waals surface area contributed by atoms with Crippen LogP contribution in [0.3, 0.4) is 0 Å². The maximum absolute atomic E-state index is 12.6. The van der Waals surface area contributed by atoms with Crippen molar-refractivity contribution in [2.45, 2.75) is 64.0 Å². The Kier molecular flexibility index (Phi) is 12.0. The highest BCUT2D eigenvalue weighted by Gasteiger charge is 2.28. The highest BCUT2D eigenvalue weighted by atomic mass is 16.5. The molecule has 1 rings (SSSR count). The molecular weight excluding hydrogens is 436 g/mol. The van der Waals surface area contributed by atoms with Crippen molar-refractivity contribution in [2.75, 3.05) is 6.54 Å². The minimum Gasteiger partial charge on any atom is -0.481 e. The lowest BCUT2D eigenvalue weighted by Gasteiger charge is -2.19. The van der Waals surface area contributed by atoms with Crippen LogP contribution in [-0.4, -0.2) is 63.7 Å². The van der Waals surface area contributed by atoms with Gasteiger partial charge in [0.1, 0.15) is 11.8 Å². The molecule has 11 nitrogen and oxygen atoms in total. The fourth-order valence-corrected chi connectivity index (χ4v) is 2.87. The van der Waals surface area contributed by atoms with Gasteiger partial charge in [0, 0.05) is 19.4 Å². The maximum atomic E-state index is 12.6. The number of rotatable bonds is 16. The van der Waals surface area contributed by atoms with Gasteiger partial charge in [0.2, 0.25) is 11.8 Å². The van der Waals surface area contributed by atoms with Crippen LogP contribution in [-0.2, 0) is 30.4 Å². The van der Waals surface area contributed by atoms with Crippen molar-refractivity contribution >= 4 is 29.7 Å². The van der Waals surface area contributed by atoms with E-state index in [1.54, 1.807) is 0 Å². The normalized spacial score (nSPS) is 11.5. The van der Waals surface area contributed by atoms with Crippen LogP contribution < -0.4 is 15.4 Å². The second-order valence-electron chi connectivity index (χ2n) is 7.39. The molecule has 0 aromatic heterocycles. The van der Waals surface area contributed by atoms with Gasteiger partial charge < -0.3 is 30.7 Å². The van der Waals surface area contributed by atoms with Gasteiger partial charge in [-0.05, 0) is 24.1 Å². The zero-order valence-electron chi connectivity index (χ0n) is 18.4. The van der Waals surface area contributed by atoms with Gasteiger partial charge in [-0.15, -0.1) is 0 Å². The Morgan fingerprint density at radius 2 is 1.55 bits per heavy atom. The number of carbonyl (C=O) groups excluding carboxylic acids is 2. The number of carbonyl (C=O) groups is 5. The Bertz CT molecular complexity index is 810. The Morgan fingerprint density at radius 3 is 2.09 bits per heavy atom. The predicted octanol–water partition coefficient (Wildman–Crippen LogP) is 1.19. The van der Waals surface area contributed by atoms with Crippen molar-refractivity contribution in [3.8, 4) is 5.75 Å². The lowest BCUT2D eigenvalue weighted by Crippen LogP contribution is -2.48. The minimum atomic E-state index is -2.06. The molecule has 0 spiro atoms. The van der Waals surface area contributed by atoms with Crippen LogP contribution in [0, 0.1) is 0 Å². The number of aliphatic carboxylic acids is 3. The first-order chi connectivity index (χ1) is 15.6. The zero-order valence-corrected chi connectivity index (χ0v) is 18.4. The molecule has 0 bridgehead atoms. The molecule has 1 aromatic rings. The van der Waals surface area contributed by atoms with E-state index in [1.807, 2.05) is 0 Å². The number of benzene rings is 1. The standard InChI is InChI=1S/C22H30N2O9/c1-2-3-4-5-12-23-20(28)16(24-17(25)10-11-18(26)27)13-14-6-8-15(9-7-14)33-19(21(29)30)22(31)32/h6-9,16,19H,2-5,10-13H2,1H3,(H,23,28)(H,24,25)(H,26,27)(H,29,30)(H,31,32)/t16-/m0/s1. The molecule has 0 aliphatic heterocycles.